The lowest BCUT2D eigenvalue weighted by molar-refractivity contribution is -1.92. The fourth-order valence-electron chi connectivity index (χ4n) is 1.05. The van der Waals surface area contributed by atoms with Gasteiger partial charge in [0.15, 0.2) is 5.90 Å². The molecule has 1 rings (SSSR count). The first-order valence-electron chi connectivity index (χ1n) is 4.24. The van der Waals surface area contributed by atoms with E-state index < -0.39 is 10.2 Å². The summed E-state index contributed by atoms with van der Waals surface area (Å²) in [6.45, 7) is 10.2. The highest BCUT2D eigenvalue weighted by Gasteiger charge is 2.43. The summed E-state index contributed by atoms with van der Waals surface area (Å²) in [4.78, 5) is 4.37. The van der Waals surface area contributed by atoms with Crippen molar-refractivity contribution in [3.8, 4) is 0 Å². The lowest BCUT2D eigenvalue weighted by atomic mass is 9.87. The molecule has 1 N–H and O–H groups in total. The van der Waals surface area contributed by atoms with Crippen LogP contribution in [0.4, 0.5) is 0 Å². The van der Waals surface area contributed by atoms with Gasteiger partial charge < -0.3 is 4.74 Å². The third-order valence-corrected chi connectivity index (χ3v) is 2.31. The van der Waals surface area contributed by atoms with Crippen molar-refractivity contribution in [1.82, 2.24) is 0 Å². The Labute approximate surface area is 90.9 Å². The molecule has 0 unspecified atom stereocenters. The molecule has 0 atom stereocenters. The molecular weight excluding hydrogens is 226 g/mol. The molecule has 0 aromatic carbocycles. The van der Waals surface area contributed by atoms with Crippen LogP contribution in [0.2, 0.25) is 0 Å². The molecule has 15 heavy (non-hydrogen) atoms. The Balaban J connectivity index is 0.000000336. The summed E-state index contributed by atoms with van der Waals surface area (Å²) < 4.78 is 38.2. The molecule has 0 aromatic rings. The van der Waals surface area contributed by atoms with Gasteiger partial charge in [-0.3, -0.25) is 0 Å². The molecule has 0 radical (unpaired) electrons. The van der Waals surface area contributed by atoms with E-state index in [0.717, 1.165) is 5.90 Å². The minimum absolute atomic E-state index is 0.0723. The maximum Gasteiger partial charge on any atom is 0.181 e. The Bertz CT molecular complexity index is 250. The number of hydrogen-bond acceptors (Lipinski definition) is 6. The lowest BCUT2D eigenvalue weighted by Gasteiger charge is -2.30. The Hall–Kier alpha value is -0.400. The maximum absolute atomic E-state index is 8.60. The Morgan fingerprint density at radius 2 is 1.53 bits per heavy atom. The predicted octanol–water partition coefficient (Wildman–Crippen LogP) is -2.13. The highest BCUT2D eigenvalue weighted by atomic mass is 35.7. The van der Waals surface area contributed by atoms with Crippen molar-refractivity contribution in [1.29, 1.82) is 0 Å². The molecule has 0 aromatic heterocycles. The van der Waals surface area contributed by atoms with Crippen molar-refractivity contribution < 1.29 is 33.6 Å². The van der Waals surface area contributed by atoms with E-state index in [1.807, 2.05) is 6.92 Å². The maximum atomic E-state index is 8.60. The summed E-state index contributed by atoms with van der Waals surface area (Å²) in [5.41, 5.74) is -0.214. The van der Waals surface area contributed by atoms with Crippen LogP contribution >= 0.6 is 0 Å². The van der Waals surface area contributed by atoms with Gasteiger partial charge in [-0.2, -0.15) is 14.0 Å². The van der Waals surface area contributed by atoms with Crippen LogP contribution in [-0.2, 0) is 4.74 Å². The predicted molar refractivity (Wildman–Crippen MR) is 44.6 cm³/mol. The molecule has 1 heterocycles. The van der Waals surface area contributed by atoms with Crippen LogP contribution in [0.1, 0.15) is 34.6 Å². The van der Waals surface area contributed by atoms with Gasteiger partial charge in [-0.25, -0.2) is 4.99 Å². The third-order valence-electron chi connectivity index (χ3n) is 2.31. The van der Waals surface area contributed by atoms with Crippen LogP contribution in [0.25, 0.3) is 0 Å². The molecule has 0 saturated heterocycles. The van der Waals surface area contributed by atoms with Gasteiger partial charge in [0.2, 0.25) is 0 Å². The van der Waals surface area contributed by atoms with Crippen LogP contribution in [-0.4, -0.2) is 21.7 Å². The van der Waals surface area contributed by atoms with E-state index >= 15 is 0 Å². The van der Waals surface area contributed by atoms with Gasteiger partial charge in [-0.15, -0.1) is 0 Å². The fourth-order valence-corrected chi connectivity index (χ4v) is 1.05. The molecule has 6 nitrogen and oxygen atoms in total. The summed E-state index contributed by atoms with van der Waals surface area (Å²) in [6.07, 6.45) is 0. The van der Waals surface area contributed by atoms with Gasteiger partial charge >= 0.3 is 0 Å². The highest BCUT2D eigenvalue weighted by Crippen LogP contribution is 2.34. The molecule has 0 amide bonds. The first-order valence-corrected chi connectivity index (χ1v) is 5.50. The molecule has 1 aliphatic heterocycles. The Morgan fingerprint density at radius 1 is 1.20 bits per heavy atom. The fraction of sp³-hybridized carbons (Fsp3) is 0.875. The first kappa shape index (κ1) is 14.6. The zero-order valence-electron chi connectivity index (χ0n) is 9.41. The molecule has 0 aliphatic carbocycles. The van der Waals surface area contributed by atoms with Crippen molar-refractivity contribution >= 4 is 5.90 Å². The van der Waals surface area contributed by atoms with Gasteiger partial charge in [0.1, 0.15) is 5.60 Å². The van der Waals surface area contributed by atoms with Gasteiger partial charge in [0, 0.05) is 6.92 Å². The van der Waals surface area contributed by atoms with E-state index in [0.29, 0.717) is 0 Å². The average Bonchev–Trinajstić information content (AvgIpc) is 1.93. The molecule has 1 aliphatic rings. The van der Waals surface area contributed by atoms with E-state index in [-0.39, 0.29) is 11.1 Å². The van der Waals surface area contributed by atoms with Gasteiger partial charge in [0.05, 0.1) is 20.4 Å². The summed E-state index contributed by atoms with van der Waals surface area (Å²) in [5, 5.41) is 0. The van der Waals surface area contributed by atoms with Crippen LogP contribution in [0, 0.1) is 10.2 Å². The normalized spacial score (nSPS) is 22.3. The summed E-state index contributed by atoms with van der Waals surface area (Å²) >= 11 is 0. The van der Waals surface area contributed by atoms with Crippen LogP contribution in [0.5, 0.6) is 0 Å². The molecule has 0 spiro atoms. The highest BCUT2D eigenvalue weighted by molar-refractivity contribution is 5.76. The smallest absolute Gasteiger partial charge is 0.181 e. The van der Waals surface area contributed by atoms with E-state index in [1.165, 1.54) is 0 Å². The SMILES string of the molecule is CC1=NC(C)(C)C(C)(C)O1.[O-][Cl+3]([O-])([O-])O. The number of aliphatic imine (C=N–C) groups is 1. The second-order valence-corrected chi connectivity index (χ2v) is 4.99. The van der Waals surface area contributed by atoms with Gasteiger partial charge in [-0.05, 0) is 27.7 Å². The zero-order chi connectivity index (χ0) is 12.5. The molecule has 0 saturated carbocycles. The molecule has 90 valence electrons. The Morgan fingerprint density at radius 3 is 1.60 bits per heavy atom. The minimum Gasteiger partial charge on any atom is -0.473 e. The lowest BCUT2D eigenvalue weighted by Crippen LogP contribution is -2.58. The number of hydrogen-bond donors (Lipinski definition) is 1. The molecule has 0 bridgehead atoms. The topological polar surface area (TPSA) is 111 Å². The monoisotopic (exact) mass is 241 g/mol. The van der Waals surface area contributed by atoms with E-state index in [1.54, 1.807) is 0 Å². The largest absolute Gasteiger partial charge is 0.473 e. The van der Waals surface area contributed by atoms with Gasteiger partial charge in [-0.1, -0.05) is 0 Å². The number of ether oxygens (including phenoxy) is 1. The quantitative estimate of drug-likeness (QED) is 0.521. The van der Waals surface area contributed by atoms with Crippen molar-refractivity contribution in [2.24, 2.45) is 4.99 Å². The summed E-state index contributed by atoms with van der Waals surface area (Å²) in [5.74, 6) is 0.801. The molecule has 7 heteroatoms. The number of nitrogens with zero attached hydrogens (tertiary/aromatic N) is 1. The number of halogens is 1. The summed E-state index contributed by atoms with van der Waals surface area (Å²) in [7, 11) is -4.69. The second kappa shape index (κ2) is 4.23. The molecular formula is C8H16ClNO5. The van der Waals surface area contributed by atoms with Crippen molar-refractivity contribution in [3.05, 3.63) is 0 Å². The van der Waals surface area contributed by atoms with Crippen LogP contribution in [0.3, 0.4) is 0 Å². The van der Waals surface area contributed by atoms with E-state index in [4.69, 9.17) is 23.4 Å². The van der Waals surface area contributed by atoms with Crippen molar-refractivity contribution in [3.63, 3.8) is 0 Å². The van der Waals surface area contributed by atoms with Crippen LogP contribution < -0.4 is 14.0 Å². The zero-order valence-corrected chi connectivity index (χ0v) is 10.2. The standard InChI is InChI=1S/C8H15NO.ClHO4/c1-6-9-7(2,3)8(4,5)10-6;2-1(3,4)5/h1-5H3;(H,2,3,4,5). The third kappa shape index (κ3) is 5.29. The minimum atomic E-state index is -4.69. The van der Waals surface area contributed by atoms with E-state index in [2.05, 4.69) is 32.7 Å². The van der Waals surface area contributed by atoms with Crippen LogP contribution in [0.15, 0.2) is 4.99 Å². The summed E-state index contributed by atoms with van der Waals surface area (Å²) in [6, 6.07) is 0. The number of rotatable bonds is 0. The molecule has 0 fully saturated rings. The average molecular weight is 242 g/mol. The first-order chi connectivity index (χ1) is 6.35. The van der Waals surface area contributed by atoms with Gasteiger partial charge in [0.25, 0.3) is 0 Å². The second-order valence-electron chi connectivity index (χ2n) is 4.20. The van der Waals surface area contributed by atoms with Crippen molar-refractivity contribution in [2.75, 3.05) is 0 Å². The van der Waals surface area contributed by atoms with Crippen molar-refractivity contribution in [2.45, 2.75) is 45.8 Å². The van der Waals surface area contributed by atoms with E-state index in [9.17, 15) is 0 Å². The Kier molecular flexibility index (Phi) is 4.11.